The Hall–Kier alpha value is -1.81. The summed E-state index contributed by atoms with van der Waals surface area (Å²) in [5.74, 6) is 0. The van der Waals surface area contributed by atoms with Gasteiger partial charge >= 0.3 is 5.69 Å². The average molecular weight is 243 g/mol. The number of piperidine rings is 1. The van der Waals surface area contributed by atoms with Crippen molar-refractivity contribution in [1.29, 1.82) is 0 Å². The van der Waals surface area contributed by atoms with E-state index < -0.39 is 0 Å². The number of imidazole rings is 1. The second kappa shape index (κ2) is 4.82. The Kier molecular flexibility index (Phi) is 3.02. The van der Waals surface area contributed by atoms with Crippen LogP contribution in [0.3, 0.4) is 0 Å². The molecule has 0 saturated carbocycles. The molecule has 1 aliphatic heterocycles. The summed E-state index contributed by atoms with van der Waals surface area (Å²) < 4.78 is 0. The maximum absolute atomic E-state index is 11.1. The lowest BCUT2D eigenvalue weighted by molar-refractivity contribution is 0.412. The average Bonchev–Trinajstić information content (AvgIpc) is 2.87. The Bertz CT molecular complexity index is 578. The largest absolute Gasteiger partial charge is 0.323 e. The molecule has 2 heterocycles. The molecule has 0 bridgehead atoms. The Labute approximate surface area is 105 Å². The molecular weight excluding hydrogens is 226 g/mol. The molecular formula is C14H17N3O. The van der Waals surface area contributed by atoms with Crippen LogP contribution < -0.4 is 11.0 Å². The molecule has 1 unspecified atom stereocenters. The molecule has 1 atom stereocenters. The van der Waals surface area contributed by atoms with Crippen molar-refractivity contribution in [3.05, 3.63) is 46.5 Å². The normalized spacial score (nSPS) is 19.9. The summed E-state index contributed by atoms with van der Waals surface area (Å²) in [6.07, 6.45) is 5.45. The molecule has 0 amide bonds. The summed E-state index contributed by atoms with van der Waals surface area (Å²) in [5, 5.41) is 3.54. The minimum absolute atomic E-state index is 0.161. The number of hydrogen-bond donors (Lipinski definition) is 3. The highest BCUT2D eigenvalue weighted by molar-refractivity contribution is 5.59. The molecule has 4 heteroatoms. The maximum Gasteiger partial charge on any atom is 0.323 e. The van der Waals surface area contributed by atoms with Gasteiger partial charge in [-0.15, -0.1) is 0 Å². The molecule has 94 valence electrons. The lowest BCUT2D eigenvalue weighted by atomic mass is 9.96. The summed E-state index contributed by atoms with van der Waals surface area (Å²) in [6.45, 7) is 1.09. The SMILES string of the molecule is O=c1[nH]cc(-c2cccc(C3CCCCN3)c2)[nH]1. The predicted octanol–water partition coefficient (Wildman–Crippen LogP) is 2.18. The summed E-state index contributed by atoms with van der Waals surface area (Å²) in [7, 11) is 0. The number of benzene rings is 1. The van der Waals surface area contributed by atoms with Gasteiger partial charge in [0.2, 0.25) is 0 Å². The number of rotatable bonds is 2. The fourth-order valence-electron chi connectivity index (χ4n) is 2.55. The van der Waals surface area contributed by atoms with Gasteiger partial charge in [-0.2, -0.15) is 0 Å². The standard InChI is InChI=1S/C14H17N3O/c18-14-16-9-13(17-14)11-5-3-4-10(8-11)12-6-1-2-7-15-12/h3-5,8-9,12,15H,1-2,6-7H2,(H2,16,17,18). The van der Waals surface area contributed by atoms with Gasteiger partial charge in [-0.1, -0.05) is 24.6 Å². The van der Waals surface area contributed by atoms with Crippen LogP contribution in [0.2, 0.25) is 0 Å². The quantitative estimate of drug-likeness (QED) is 0.757. The first-order chi connectivity index (χ1) is 8.83. The van der Waals surface area contributed by atoms with Gasteiger partial charge in [0.15, 0.2) is 0 Å². The highest BCUT2D eigenvalue weighted by Crippen LogP contribution is 2.26. The highest BCUT2D eigenvalue weighted by atomic mass is 16.1. The number of hydrogen-bond acceptors (Lipinski definition) is 2. The van der Waals surface area contributed by atoms with Gasteiger partial charge in [-0.3, -0.25) is 0 Å². The zero-order valence-electron chi connectivity index (χ0n) is 10.2. The third-order valence-corrected chi connectivity index (χ3v) is 3.51. The Morgan fingerprint density at radius 1 is 1.22 bits per heavy atom. The van der Waals surface area contributed by atoms with Gasteiger partial charge in [0.25, 0.3) is 0 Å². The molecule has 1 aromatic heterocycles. The molecule has 0 aliphatic carbocycles. The second-order valence-corrected chi connectivity index (χ2v) is 4.78. The van der Waals surface area contributed by atoms with Gasteiger partial charge in [-0.25, -0.2) is 4.79 Å². The van der Waals surface area contributed by atoms with Gasteiger partial charge in [0, 0.05) is 12.2 Å². The highest BCUT2D eigenvalue weighted by Gasteiger charge is 2.15. The fraction of sp³-hybridized carbons (Fsp3) is 0.357. The number of aromatic amines is 2. The van der Waals surface area contributed by atoms with Crippen LogP contribution in [-0.2, 0) is 0 Å². The van der Waals surface area contributed by atoms with Crippen molar-refractivity contribution >= 4 is 0 Å². The van der Waals surface area contributed by atoms with E-state index in [0.29, 0.717) is 6.04 Å². The van der Waals surface area contributed by atoms with E-state index in [9.17, 15) is 4.79 Å². The van der Waals surface area contributed by atoms with E-state index in [1.807, 2.05) is 12.1 Å². The summed E-state index contributed by atoms with van der Waals surface area (Å²) in [5.41, 5.74) is 3.04. The lowest BCUT2D eigenvalue weighted by Crippen LogP contribution is -2.26. The van der Waals surface area contributed by atoms with Crippen molar-refractivity contribution in [1.82, 2.24) is 15.3 Å². The zero-order valence-corrected chi connectivity index (χ0v) is 10.2. The topological polar surface area (TPSA) is 60.7 Å². The first kappa shape index (κ1) is 11.3. The lowest BCUT2D eigenvalue weighted by Gasteiger charge is -2.24. The summed E-state index contributed by atoms with van der Waals surface area (Å²) in [4.78, 5) is 16.6. The predicted molar refractivity (Wildman–Crippen MR) is 71.4 cm³/mol. The van der Waals surface area contributed by atoms with Crippen LogP contribution in [-0.4, -0.2) is 16.5 Å². The molecule has 3 N–H and O–H groups in total. The molecule has 0 spiro atoms. The van der Waals surface area contributed by atoms with E-state index in [2.05, 4.69) is 27.4 Å². The molecule has 1 aliphatic rings. The minimum atomic E-state index is -0.161. The van der Waals surface area contributed by atoms with Crippen LogP contribution >= 0.6 is 0 Å². The molecule has 18 heavy (non-hydrogen) atoms. The molecule has 3 rings (SSSR count). The van der Waals surface area contributed by atoms with Crippen LogP contribution in [0, 0.1) is 0 Å². The smallest absolute Gasteiger partial charge is 0.312 e. The van der Waals surface area contributed by atoms with E-state index in [1.54, 1.807) is 6.20 Å². The molecule has 4 nitrogen and oxygen atoms in total. The molecule has 0 radical (unpaired) electrons. The van der Waals surface area contributed by atoms with E-state index in [1.165, 1.54) is 24.8 Å². The van der Waals surface area contributed by atoms with Crippen molar-refractivity contribution < 1.29 is 0 Å². The van der Waals surface area contributed by atoms with E-state index in [4.69, 9.17) is 0 Å². The molecule has 2 aromatic rings. The van der Waals surface area contributed by atoms with Gasteiger partial charge in [0.1, 0.15) is 0 Å². The fourth-order valence-corrected chi connectivity index (χ4v) is 2.55. The Morgan fingerprint density at radius 3 is 2.89 bits per heavy atom. The van der Waals surface area contributed by atoms with Crippen molar-refractivity contribution in [3.8, 4) is 11.3 Å². The number of H-pyrrole nitrogens is 2. The first-order valence-electron chi connectivity index (χ1n) is 6.44. The number of aromatic nitrogens is 2. The van der Waals surface area contributed by atoms with Gasteiger partial charge in [-0.05, 0) is 36.6 Å². The van der Waals surface area contributed by atoms with E-state index in [-0.39, 0.29) is 5.69 Å². The van der Waals surface area contributed by atoms with Crippen LogP contribution in [0.5, 0.6) is 0 Å². The minimum Gasteiger partial charge on any atom is -0.312 e. The zero-order chi connectivity index (χ0) is 12.4. The van der Waals surface area contributed by atoms with Crippen LogP contribution in [0.1, 0.15) is 30.9 Å². The van der Waals surface area contributed by atoms with Crippen LogP contribution in [0.25, 0.3) is 11.3 Å². The molecule has 1 fully saturated rings. The van der Waals surface area contributed by atoms with Gasteiger partial charge in [0.05, 0.1) is 5.69 Å². The van der Waals surface area contributed by atoms with Crippen molar-refractivity contribution in [2.75, 3.05) is 6.54 Å². The van der Waals surface area contributed by atoms with Gasteiger partial charge < -0.3 is 15.3 Å². The van der Waals surface area contributed by atoms with E-state index >= 15 is 0 Å². The van der Waals surface area contributed by atoms with Crippen molar-refractivity contribution in [2.24, 2.45) is 0 Å². The molecule has 1 saturated heterocycles. The first-order valence-corrected chi connectivity index (χ1v) is 6.44. The monoisotopic (exact) mass is 243 g/mol. The Morgan fingerprint density at radius 2 is 2.17 bits per heavy atom. The maximum atomic E-state index is 11.1. The third-order valence-electron chi connectivity index (χ3n) is 3.51. The number of nitrogens with one attached hydrogen (secondary N) is 3. The van der Waals surface area contributed by atoms with Crippen molar-refractivity contribution in [3.63, 3.8) is 0 Å². The summed E-state index contributed by atoms with van der Waals surface area (Å²) >= 11 is 0. The van der Waals surface area contributed by atoms with E-state index in [0.717, 1.165) is 17.8 Å². The Balaban J connectivity index is 1.91. The second-order valence-electron chi connectivity index (χ2n) is 4.78. The van der Waals surface area contributed by atoms with Crippen LogP contribution in [0.4, 0.5) is 0 Å². The van der Waals surface area contributed by atoms with Crippen LogP contribution in [0.15, 0.2) is 35.3 Å². The molecule has 1 aromatic carbocycles. The van der Waals surface area contributed by atoms with Crippen molar-refractivity contribution in [2.45, 2.75) is 25.3 Å². The summed E-state index contributed by atoms with van der Waals surface area (Å²) in [6, 6.07) is 8.82. The third kappa shape index (κ3) is 2.24.